The lowest BCUT2D eigenvalue weighted by atomic mass is 9.74. The number of hydrogen-bond donors (Lipinski definition) is 2. The molecule has 1 aliphatic carbocycles. The van der Waals surface area contributed by atoms with Crippen LogP contribution in [0.4, 0.5) is 0 Å². The molecule has 2 aliphatic rings. The van der Waals surface area contributed by atoms with Crippen molar-refractivity contribution in [3.05, 3.63) is 65.4 Å². The zero-order chi connectivity index (χ0) is 26.3. The number of rotatable bonds is 8. The van der Waals surface area contributed by atoms with Crippen LogP contribution in [0.1, 0.15) is 95.8 Å². The van der Waals surface area contributed by atoms with Crippen molar-refractivity contribution in [1.82, 2.24) is 5.32 Å². The molecule has 4 heteroatoms. The number of nitrogens with one attached hydrogen (secondary N) is 1. The Balaban J connectivity index is 1.67. The highest BCUT2D eigenvalue weighted by Crippen LogP contribution is 2.36. The summed E-state index contributed by atoms with van der Waals surface area (Å²) in [6.07, 6.45) is 17.5. The smallest absolute Gasteiger partial charge is 0.0645 e. The minimum Gasteiger partial charge on any atom is -0.404 e. The van der Waals surface area contributed by atoms with E-state index in [2.05, 4.69) is 81.9 Å². The number of hydrogen-bond acceptors (Lipinski definition) is 4. The van der Waals surface area contributed by atoms with Gasteiger partial charge in [0.15, 0.2) is 0 Å². The van der Waals surface area contributed by atoms with Gasteiger partial charge in [0, 0.05) is 47.7 Å². The molecule has 3 rings (SSSR count). The van der Waals surface area contributed by atoms with Crippen molar-refractivity contribution in [3.8, 4) is 0 Å². The van der Waals surface area contributed by atoms with Gasteiger partial charge in [0.2, 0.25) is 0 Å². The van der Waals surface area contributed by atoms with E-state index in [0.29, 0.717) is 12.0 Å². The molecule has 0 radical (unpaired) electrons. The highest BCUT2D eigenvalue weighted by molar-refractivity contribution is 6.12. The summed E-state index contributed by atoms with van der Waals surface area (Å²) < 4.78 is 0. The SMILES string of the molecule is C=C(/C=C\C(=NC)c1ccc(C(C=NC2CCCCC2)=CN)cc1C)CC1CC(C)(C)NC(C)(C)C1. The first-order valence-corrected chi connectivity index (χ1v) is 13.7. The van der Waals surface area contributed by atoms with Gasteiger partial charge in [-0.15, -0.1) is 0 Å². The molecule has 0 amide bonds. The summed E-state index contributed by atoms with van der Waals surface area (Å²) in [5.41, 5.74) is 12.8. The number of nitrogens with zero attached hydrogens (tertiary/aromatic N) is 2. The van der Waals surface area contributed by atoms with Crippen molar-refractivity contribution >= 4 is 17.5 Å². The Bertz CT molecular complexity index is 1020. The molecule has 196 valence electrons. The Hall–Kier alpha value is -2.46. The van der Waals surface area contributed by atoms with E-state index in [4.69, 9.17) is 10.7 Å². The van der Waals surface area contributed by atoms with Crippen LogP contribution in [0.25, 0.3) is 5.57 Å². The number of aryl methyl sites for hydroxylation is 1. The van der Waals surface area contributed by atoms with Crippen molar-refractivity contribution in [1.29, 1.82) is 0 Å². The molecule has 1 saturated carbocycles. The fraction of sp³-hybridized carbons (Fsp3) is 0.562. The molecule has 1 aromatic rings. The van der Waals surface area contributed by atoms with E-state index in [1.807, 2.05) is 13.3 Å². The Kier molecular flexibility index (Phi) is 9.52. The third-order valence-corrected chi connectivity index (χ3v) is 7.56. The number of benzene rings is 1. The zero-order valence-electron chi connectivity index (χ0n) is 23.5. The summed E-state index contributed by atoms with van der Waals surface area (Å²) in [6, 6.07) is 6.90. The minimum atomic E-state index is 0.156. The highest BCUT2D eigenvalue weighted by atomic mass is 15.0. The lowest BCUT2D eigenvalue weighted by molar-refractivity contribution is 0.129. The van der Waals surface area contributed by atoms with E-state index < -0.39 is 0 Å². The first kappa shape index (κ1) is 28.1. The van der Waals surface area contributed by atoms with Crippen molar-refractivity contribution in [2.45, 2.75) is 103 Å². The molecule has 0 aromatic heterocycles. The van der Waals surface area contributed by atoms with Gasteiger partial charge in [0.05, 0.1) is 5.71 Å². The monoisotopic (exact) mass is 488 g/mol. The van der Waals surface area contributed by atoms with Gasteiger partial charge in [0.25, 0.3) is 0 Å². The molecule has 0 bridgehead atoms. The Morgan fingerprint density at radius 2 is 1.75 bits per heavy atom. The van der Waals surface area contributed by atoms with E-state index in [1.54, 1.807) is 6.20 Å². The Labute approximate surface area is 220 Å². The molecule has 0 unspecified atom stereocenters. The summed E-state index contributed by atoms with van der Waals surface area (Å²) in [5.74, 6) is 0.633. The van der Waals surface area contributed by atoms with Crippen LogP contribution in [-0.2, 0) is 0 Å². The fourth-order valence-corrected chi connectivity index (χ4v) is 6.36. The lowest BCUT2D eigenvalue weighted by Crippen LogP contribution is -2.57. The molecule has 4 nitrogen and oxygen atoms in total. The van der Waals surface area contributed by atoms with Crippen LogP contribution in [0.5, 0.6) is 0 Å². The summed E-state index contributed by atoms with van der Waals surface area (Å²) >= 11 is 0. The average molecular weight is 489 g/mol. The van der Waals surface area contributed by atoms with Crippen LogP contribution >= 0.6 is 0 Å². The largest absolute Gasteiger partial charge is 0.404 e. The van der Waals surface area contributed by atoms with Crippen molar-refractivity contribution in [2.24, 2.45) is 21.6 Å². The van der Waals surface area contributed by atoms with Gasteiger partial charge < -0.3 is 11.1 Å². The third-order valence-electron chi connectivity index (χ3n) is 7.56. The van der Waals surface area contributed by atoms with Crippen LogP contribution in [0.2, 0.25) is 0 Å². The quantitative estimate of drug-likeness (QED) is 0.301. The molecule has 1 heterocycles. The van der Waals surface area contributed by atoms with Gasteiger partial charge in [-0.1, -0.05) is 55.7 Å². The number of allylic oxidation sites excluding steroid dienone is 4. The molecular weight excluding hydrogens is 440 g/mol. The molecule has 1 saturated heterocycles. The molecule has 1 aliphatic heterocycles. The normalized spacial score (nSPS) is 21.9. The first-order valence-electron chi connectivity index (χ1n) is 13.7. The van der Waals surface area contributed by atoms with Gasteiger partial charge in [-0.25, -0.2) is 0 Å². The predicted octanol–water partition coefficient (Wildman–Crippen LogP) is 7.18. The van der Waals surface area contributed by atoms with Gasteiger partial charge in [0.1, 0.15) is 0 Å². The van der Waals surface area contributed by atoms with E-state index in [-0.39, 0.29) is 11.1 Å². The summed E-state index contributed by atoms with van der Waals surface area (Å²) in [4.78, 5) is 9.42. The van der Waals surface area contributed by atoms with E-state index in [0.717, 1.165) is 34.4 Å². The fourth-order valence-electron chi connectivity index (χ4n) is 6.36. The molecule has 3 N–H and O–H groups in total. The predicted molar refractivity (Wildman–Crippen MR) is 158 cm³/mol. The molecule has 2 fully saturated rings. The van der Waals surface area contributed by atoms with Gasteiger partial charge >= 0.3 is 0 Å². The molecule has 0 atom stereocenters. The first-order chi connectivity index (χ1) is 17.0. The maximum Gasteiger partial charge on any atom is 0.0645 e. The molecule has 1 aromatic carbocycles. The van der Waals surface area contributed by atoms with Gasteiger partial charge in [-0.3, -0.25) is 9.98 Å². The van der Waals surface area contributed by atoms with E-state index in [1.165, 1.54) is 50.5 Å². The second-order valence-corrected chi connectivity index (χ2v) is 12.2. The summed E-state index contributed by atoms with van der Waals surface area (Å²) in [5, 5.41) is 3.78. The number of nitrogens with two attached hydrogens (primary N) is 1. The summed E-state index contributed by atoms with van der Waals surface area (Å²) in [7, 11) is 1.86. The minimum absolute atomic E-state index is 0.156. The van der Waals surface area contributed by atoms with Crippen molar-refractivity contribution in [2.75, 3.05) is 7.05 Å². The lowest BCUT2D eigenvalue weighted by Gasteiger charge is -2.46. The van der Waals surface area contributed by atoms with Crippen molar-refractivity contribution in [3.63, 3.8) is 0 Å². The van der Waals surface area contributed by atoms with Gasteiger partial charge in [-0.2, -0.15) is 0 Å². The second kappa shape index (κ2) is 12.2. The number of aliphatic imine (C=N–C) groups is 2. The summed E-state index contributed by atoms with van der Waals surface area (Å²) in [6.45, 7) is 15.7. The van der Waals surface area contributed by atoms with Crippen LogP contribution < -0.4 is 11.1 Å². The topological polar surface area (TPSA) is 62.8 Å². The molecular formula is C32H48N4. The maximum absolute atomic E-state index is 5.98. The molecule has 0 spiro atoms. The molecule has 36 heavy (non-hydrogen) atoms. The van der Waals surface area contributed by atoms with E-state index in [9.17, 15) is 0 Å². The van der Waals surface area contributed by atoms with Crippen LogP contribution in [-0.4, -0.2) is 36.1 Å². The van der Waals surface area contributed by atoms with Crippen LogP contribution in [0.3, 0.4) is 0 Å². The Morgan fingerprint density at radius 3 is 2.33 bits per heavy atom. The standard InChI is InChI=1S/C32H48N4/c1-23(17-25-19-31(3,4)36-32(5,6)20-25)13-16-30(34-7)29-15-14-26(18-24(29)2)27(21-33)22-35-28-11-9-8-10-12-28/h13-16,18,21-22,25,28,36H,1,8-12,17,19-20,33H2,2-7H3/b16-13-,27-21?,34-30?,35-22?. The van der Waals surface area contributed by atoms with Crippen LogP contribution in [0.15, 0.2) is 58.7 Å². The highest BCUT2D eigenvalue weighted by Gasteiger charge is 2.37. The van der Waals surface area contributed by atoms with E-state index >= 15 is 0 Å². The Morgan fingerprint density at radius 1 is 1.08 bits per heavy atom. The van der Waals surface area contributed by atoms with Gasteiger partial charge in [-0.05, 0) is 89.8 Å². The van der Waals surface area contributed by atoms with Crippen molar-refractivity contribution < 1.29 is 0 Å². The zero-order valence-corrected chi connectivity index (χ0v) is 23.5. The maximum atomic E-state index is 5.98. The average Bonchev–Trinajstić information content (AvgIpc) is 2.79. The second-order valence-electron chi connectivity index (χ2n) is 12.2. The number of piperidine rings is 1. The van der Waals surface area contributed by atoms with Crippen LogP contribution in [0, 0.1) is 12.8 Å². The third kappa shape index (κ3) is 8.03.